The van der Waals surface area contributed by atoms with Crippen LogP contribution < -0.4 is 0 Å². The van der Waals surface area contributed by atoms with Gasteiger partial charge in [-0.15, -0.1) is 0 Å². The number of fused-ring (bicyclic) bond motifs is 1. The first-order chi connectivity index (χ1) is 6.88. The number of nitrogens with zero attached hydrogens (tertiary/aromatic N) is 1. The second-order valence-electron chi connectivity index (χ2n) is 2.55. The van der Waals surface area contributed by atoms with E-state index in [9.17, 15) is 0 Å². The molecule has 0 saturated heterocycles. The van der Waals surface area contributed by atoms with E-state index < -0.39 is 0 Å². The summed E-state index contributed by atoms with van der Waals surface area (Å²) in [6.45, 7) is 0.375. The molecule has 3 heteroatoms. The summed E-state index contributed by atoms with van der Waals surface area (Å²) in [4.78, 5) is 13.0. The zero-order valence-corrected chi connectivity index (χ0v) is 7.88. The van der Waals surface area contributed by atoms with Gasteiger partial charge in [0, 0.05) is 12.4 Å². The molecule has 0 aliphatic heterocycles. The minimum absolute atomic E-state index is 0.375. The number of aromatic nitrogens is 1. The summed E-state index contributed by atoms with van der Waals surface area (Å²) in [6.07, 6.45) is 3.68. The maximum Gasteiger partial charge on any atom is 0.292 e. The smallest absolute Gasteiger partial charge is 0.292 e. The van der Waals surface area contributed by atoms with Gasteiger partial charge in [0.2, 0.25) is 0 Å². The zero-order valence-electron chi connectivity index (χ0n) is 7.88. The van der Waals surface area contributed by atoms with Crippen LogP contribution in [0.3, 0.4) is 0 Å². The van der Waals surface area contributed by atoms with Crippen LogP contribution in [-0.2, 0) is 9.53 Å². The van der Waals surface area contributed by atoms with Crippen molar-refractivity contribution < 1.29 is 9.53 Å². The van der Waals surface area contributed by atoms with Crippen molar-refractivity contribution in [2.24, 2.45) is 0 Å². The van der Waals surface area contributed by atoms with Crippen LogP contribution in [0.5, 0.6) is 0 Å². The predicted octanol–water partition coefficient (Wildman–Crippen LogP) is 2.02. The Kier molecular flexibility index (Phi) is 4.14. The molecular formula is C11H11NO2. The minimum Gasteiger partial charge on any atom is -0.471 e. The first-order valence-electron chi connectivity index (χ1n) is 4.13. The summed E-state index contributed by atoms with van der Waals surface area (Å²) in [5.41, 5.74) is 0. The number of rotatable bonds is 1. The van der Waals surface area contributed by atoms with Gasteiger partial charge in [-0.3, -0.25) is 9.78 Å². The highest BCUT2D eigenvalue weighted by Gasteiger charge is 1.86. The van der Waals surface area contributed by atoms with Crippen molar-refractivity contribution in [2.45, 2.75) is 0 Å². The third kappa shape index (κ3) is 2.86. The summed E-state index contributed by atoms with van der Waals surface area (Å²) in [7, 11) is 1.31. The highest BCUT2D eigenvalue weighted by molar-refractivity contribution is 5.80. The molecule has 2 aromatic rings. The van der Waals surface area contributed by atoms with Gasteiger partial charge in [0.15, 0.2) is 0 Å². The van der Waals surface area contributed by atoms with Crippen LogP contribution >= 0.6 is 0 Å². The van der Waals surface area contributed by atoms with E-state index in [4.69, 9.17) is 4.79 Å². The fraction of sp³-hybridized carbons (Fsp3) is 0.0909. The third-order valence-electron chi connectivity index (χ3n) is 1.65. The molecule has 0 atom stereocenters. The van der Waals surface area contributed by atoms with Gasteiger partial charge in [0.25, 0.3) is 6.47 Å². The Morgan fingerprint density at radius 1 is 1.21 bits per heavy atom. The van der Waals surface area contributed by atoms with Gasteiger partial charge in [-0.05, 0) is 16.8 Å². The summed E-state index contributed by atoms with van der Waals surface area (Å²) >= 11 is 0. The van der Waals surface area contributed by atoms with Gasteiger partial charge in [-0.2, -0.15) is 0 Å². The second kappa shape index (κ2) is 5.70. The highest BCUT2D eigenvalue weighted by atomic mass is 16.5. The maximum atomic E-state index is 8.95. The largest absolute Gasteiger partial charge is 0.471 e. The lowest BCUT2D eigenvalue weighted by Crippen LogP contribution is -1.71. The average molecular weight is 189 g/mol. The average Bonchev–Trinajstić information content (AvgIpc) is 2.30. The molecule has 0 aliphatic carbocycles. The first kappa shape index (κ1) is 10.2. The van der Waals surface area contributed by atoms with E-state index >= 15 is 0 Å². The molecule has 3 nitrogen and oxygen atoms in total. The molecule has 0 radical (unpaired) electrons. The Morgan fingerprint density at radius 3 is 2.43 bits per heavy atom. The highest BCUT2D eigenvalue weighted by Crippen LogP contribution is 2.09. The molecule has 0 aliphatic rings. The van der Waals surface area contributed by atoms with Crippen molar-refractivity contribution in [1.29, 1.82) is 0 Å². The van der Waals surface area contributed by atoms with Crippen LogP contribution in [0.15, 0.2) is 42.7 Å². The van der Waals surface area contributed by atoms with Crippen LogP contribution in [0.2, 0.25) is 0 Å². The molecule has 1 heterocycles. The quantitative estimate of drug-likeness (QED) is 0.644. The molecule has 1 aromatic heterocycles. The van der Waals surface area contributed by atoms with Gasteiger partial charge in [0.05, 0.1) is 7.11 Å². The molecular weight excluding hydrogens is 178 g/mol. The van der Waals surface area contributed by atoms with Gasteiger partial charge in [-0.1, -0.05) is 24.3 Å². The molecule has 1 aromatic carbocycles. The molecule has 0 saturated carbocycles. The van der Waals surface area contributed by atoms with Gasteiger partial charge in [-0.25, -0.2) is 0 Å². The van der Waals surface area contributed by atoms with Crippen molar-refractivity contribution in [3.63, 3.8) is 0 Å². The molecule has 0 spiro atoms. The summed E-state index contributed by atoms with van der Waals surface area (Å²) < 4.78 is 3.86. The SMILES string of the molecule is COC=O.c1ccc2cnccc2c1. The van der Waals surface area contributed by atoms with Crippen LogP contribution in [0.4, 0.5) is 0 Å². The monoisotopic (exact) mass is 189 g/mol. The van der Waals surface area contributed by atoms with Crippen LogP contribution in [0, 0.1) is 0 Å². The van der Waals surface area contributed by atoms with Crippen molar-refractivity contribution in [2.75, 3.05) is 7.11 Å². The van der Waals surface area contributed by atoms with Crippen LogP contribution in [-0.4, -0.2) is 18.6 Å². The Hall–Kier alpha value is -1.90. The second-order valence-corrected chi connectivity index (χ2v) is 2.55. The van der Waals surface area contributed by atoms with E-state index in [1.165, 1.54) is 17.9 Å². The number of pyridine rings is 1. The van der Waals surface area contributed by atoms with Gasteiger partial charge < -0.3 is 4.74 Å². The van der Waals surface area contributed by atoms with Crippen molar-refractivity contribution in [3.8, 4) is 0 Å². The zero-order chi connectivity index (χ0) is 10.2. The van der Waals surface area contributed by atoms with Crippen molar-refractivity contribution in [1.82, 2.24) is 4.98 Å². The summed E-state index contributed by atoms with van der Waals surface area (Å²) in [5, 5.41) is 2.45. The predicted molar refractivity (Wildman–Crippen MR) is 54.8 cm³/mol. The number of ether oxygens (including phenoxy) is 1. The van der Waals surface area contributed by atoms with Gasteiger partial charge >= 0.3 is 0 Å². The number of carbonyl (C=O) groups excluding carboxylic acids is 1. The number of hydrogen-bond acceptors (Lipinski definition) is 3. The first-order valence-corrected chi connectivity index (χ1v) is 4.13. The standard InChI is InChI=1S/C9H7N.C2H4O2/c1-2-4-9-7-10-6-5-8(9)3-1;1-4-2-3/h1-7H;2H,1H3. The molecule has 72 valence electrons. The fourth-order valence-electron chi connectivity index (χ4n) is 1.03. The van der Waals surface area contributed by atoms with E-state index in [1.54, 1.807) is 0 Å². The Morgan fingerprint density at radius 2 is 1.86 bits per heavy atom. The van der Waals surface area contributed by atoms with Gasteiger partial charge in [0.1, 0.15) is 0 Å². The summed E-state index contributed by atoms with van der Waals surface area (Å²) in [6, 6.07) is 10.2. The van der Waals surface area contributed by atoms with Crippen molar-refractivity contribution in [3.05, 3.63) is 42.7 Å². The lowest BCUT2D eigenvalue weighted by molar-refractivity contribution is -0.126. The molecule has 2 rings (SSSR count). The van der Waals surface area contributed by atoms with E-state index in [0.29, 0.717) is 6.47 Å². The summed E-state index contributed by atoms with van der Waals surface area (Å²) in [5.74, 6) is 0. The molecule has 0 amide bonds. The topological polar surface area (TPSA) is 39.2 Å². The Balaban J connectivity index is 0.000000213. The lowest BCUT2D eigenvalue weighted by atomic mass is 10.2. The Labute approximate surface area is 82.3 Å². The molecule has 0 unspecified atom stereocenters. The Bertz CT molecular complexity index is 336. The van der Waals surface area contributed by atoms with E-state index in [1.807, 2.05) is 30.6 Å². The molecule has 0 bridgehead atoms. The third-order valence-corrected chi connectivity index (χ3v) is 1.65. The maximum absolute atomic E-state index is 8.95. The number of hydrogen-bond donors (Lipinski definition) is 0. The lowest BCUT2D eigenvalue weighted by Gasteiger charge is -1.91. The van der Waals surface area contributed by atoms with E-state index in [-0.39, 0.29) is 0 Å². The fourth-order valence-corrected chi connectivity index (χ4v) is 1.03. The number of carbonyl (C=O) groups is 1. The number of benzene rings is 1. The van der Waals surface area contributed by atoms with Crippen LogP contribution in [0.1, 0.15) is 0 Å². The van der Waals surface area contributed by atoms with E-state index in [2.05, 4.69) is 21.9 Å². The normalized spacial score (nSPS) is 8.64. The molecule has 0 N–H and O–H groups in total. The number of methoxy groups -OCH3 is 1. The van der Waals surface area contributed by atoms with E-state index in [0.717, 1.165) is 0 Å². The molecule has 14 heavy (non-hydrogen) atoms. The van der Waals surface area contributed by atoms with Crippen molar-refractivity contribution >= 4 is 17.2 Å². The molecule has 0 fully saturated rings. The minimum atomic E-state index is 0.375. The van der Waals surface area contributed by atoms with Crippen LogP contribution in [0.25, 0.3) is 10.8 Å².